The van der Waals surface area contributed by atoms with Gasteiger partial charge in [0, 0.05) is 4.88 Å². The molecule has 0 amide bonds. The van der Waals surface area contributed by atoms with Gasteiger partial charge in [-0.05, 0) is 63.3 Å². The summed E-state index contributed by atoms with van der Waals surface area (Å²) in [5.41, 5.74) is 2.73. The van der Waals surface area contributed by atoms with E-state index in [1.807, 2.05) is 11.3 Å². The quantitative estimate of drug-likeness (QED) is 0.624. The molecule has 0 saturated carbocycles. The molecule has 0 fully saturated rings. The van der Waals surface area contributed by atoms with Crippen LogP contribution < -0.4 is 0 Å². The minimum absolute atomic E-state index is 0.432. The normalized spacial score (nSPS) is 13.0. The monoisotopic (exact) mass is 364 g/mol. The second kappa shape index (κ2) is 5.13. The lowest BCUT2D eigenvalue weighted by atomic mass is 10.1. The summed E-state index contributed by atoms with van der Waals surface area (Å²) < 4.78 is 1.24. The fraction of sp³-hybridized carbons (Fsp3) is 0.273. The van der Waals surface area contributed by atoms with Crippen molar-refractivity contribution in [1.82, 2.24) is 0 Å². The summed E-state index contributed by atoms with van der Waals surface area (Å²) >= 11 is 10.9. The average molecular weight is 366 g/mol. The fourth-order valence-corrected chi connectivity index (χ4v) is 4.37. The SMILES string of the molecule is Cc1cc(C(Br)Cc2ccsc2)sc1Br. The third-order valence-electron chi connectivity index (χ3n) is 2.18. The minimum Gasteiger partial charge on any atom is -0.152 e. The van der Waals surface area contributed by atoms with Gasteiger partial charge in [0.2, 0.25) is 0 Å². The molecule has 4 heteroatoms. The zero-order chi connectivity index (χ0) is 10.8. The maximum Gasteiger partial charge on any atom is 0.0730 e. The topological polar surface area (TPSA) is 0 Å². The Morgan fingerprint density at radius 2 is 2.27 bits per heavy atom. The van der Waals surface area contributed by atoms with Crippen molar-refractivity contribution in [1.29, 1.82) is 0 Å². The van der Waals surface area contributed by atoms with Crippen LogP contribution in [0.2, 0.25) is 0 Å². The predicted octanol–water partition coefficient (Wildman–Crippen LogP) is 5.56. The van der Waals surface area contributed by atoms with Crippen LogP contribution in [0.25, 0.3) is 0 Å². The Morgan fingerprint density at radius 3 is 2.80 bits per heavy atom. The first-order chi connectivity index (χ1) is 7.16. The number of aryl methyl sites for hydroxylation is 1. The van der Waals surface area contributed by atoms with Crippen LogP contribution in [0.5, 0.6) is 0 Å². The summed E-state index contributed by atoms with van der Waals surface area (Å²) in [6.07, 6.45) is 1.07. The van der Waals surface area contributed by atoms with Gasteiger partial charge in [-0.25, -0.2) is 0 Å². The maximum atomic E-state index is 3.75. The number of rotatable bonds is 3. The summed E-state index contributed by atoms with van der Waals surface area (Å²) in [4.78, 5) is 1.83. The van der Waals surface area contributed by atoms with Gasteiger partial charge in [-0.1, -0.05) is 15.9 Å². The van der Waals surface area contributed by atoms with Crippen molar-refractivity contribution in [2.45, 2.75) is 18.2 Å². The summed E-state index contributed by atoms with van der Waals surface area (Å²) in [5.74, 6) is 0. The minimum atomic E-state index is 0.432. The average Bonchev–Trinajstić information content (AvgIpc) is 2.78. The van der Waals surface area contributed by atoms with Gasteiger partial charge in [0.25, 0.3) is 0 Å². The van der Waals surface area contributed by atoms with Crippen LogP contribution in [-0.2, 0) is 6.42 Å². The third kappa shape index (κ3) is 2.93. The number of alkyl halides is 1. The highest BCUT2D eigenvalue weighted by molar-refractivity contribution is 9.11. The van der Waals surface area contributed by atoms with Gasteiger partial charge in [-0.3, -0.25) is 0 Å². The fourth-order valence-electron chi connectivity index (χ4n) is 1.35. The van der Waals surface area contributed by atoms with Crippen molar-refractivity contribution in [2.24, 2.45) is 0 Å². The molecule has 0 saturated heterocycles. The maximum absolute atomic E-state index is 3.75. The van der Waals surface area contributed by atoms with E-state index in [0.29, 0.717) is 4.83 Å². The Kier molecular flexibility index (Phi) is 4.04. The van der Waals surface area contributed by atoms with E-state index in [1.165, 1.54) is 19.8 Å². The van der Waals surface area contributed by atoms with Gasteiger partial charge < -0.3 is 0 Å². The molecule has 0 aliphatic carbocycles. The summed E-state index contributed by atoms with van der Waals surface area (Å²) in [6.45, 7) is 2.13. The molecule has 1 atom stereocenters. The lowest BCUT2D eigenvalue weighted by Crippen LogP contribution is -1.90. The van der Waals surface area contributed by atoms with Gasteiger partial charge >= 0.3 is 0 Å². The van der Waals surface area contributed by atoms with E-state index in [-0.39, 0.29) is 0 Å². The number of thiophene rings is 2. The molecule has 1 unspecified atom stereocenters. The smallest absolute Gasteiger partial charge is 0.0730 e. The molecule has 2 aromatic rings. The van der Waals surface area contributed by atoms with E-state index >= 15 is 0 Å². The van der Waals surface area contributed by atoms with Crippen LogP contribution in [0, 0.1) is 6.92 Å². The Labute approximate surface area is 115 Å². The second-order valence-corrected chi connectivity index (χ2v) is 7.70. The first-order valence-corrected chi connectivity index (χ1v) is 8.04. The lowest BCUT2D eigenvalue weighted by molar-refractivity contribution is 0.975. The zero-order valence-electron chi connectivity index (χ0n) is 8.17. The molecule has 0 N–H and O–H groups in total. The van der Waals surface area contributed by atoms with Crippen LogP contribution in [-0.4, -0.2) is 0 Å². The standard InChI is InChI=1S/C11H10Br2S2/c1-7-4-10(15-11(7)13)9(12)5-8-2-3-14-6-8/h2-4,6,9H,5H2,1H3. The molecule has 0 aliphatic heterocycles. The Balaban J connectivity index is 2.11. The van der Waals surface area contributed by atoms with E-state index in [1.54, 1.807) is 11.3 Å². The molecule has 0 radical (unpaired) electrons. The van der Waals surface area contributed by atoms with Gasteiger partial charge in [0.05, 0.1) is 8.61 Å². The summed E-state index contributed by atoms with van der Waals surface area (Å²) in [5, 5.41) is 4.34. The molecule has 2 heterocycles. The molecule has 2 aromatic heterocycles. The van der Waals surface area contributed by atoms with E-state index in [9.17, 15) is 0 Å². The Bertz CT molecular complexity index is 412. The van der Waals surface area contributed by atoms with Crippen LogP contribution in [0.3, 0.4) is 0 Å². The highest BCUT2D eigenvalue weighted by Gasteiger charge is 2.12. The number of halogens is 2. The molecule has 2 rings (SSSR count). The van der Waals surface area contributed by atoms with Gasteiger partial charge in [0.1, 0.15) is 0 Å². The molecule has 0 bridgehead atoms. The van der Waals surface area contributed by atoms with Crippen LogP contribution in [0.4, 0.5) is 0 Å². The highest BCUT2D eigenvalue weighted by Crippen LogP contribution is 2.37. The molecule has 15 heavy (non-hydrogen) atoms. The molecule has 0 nitrogen and oxygen atoms in total. The van der Waals surface area contributed by atoms with Crippen LogP contribution >= 0.6 is 54.5 Å². The largest absolute Gasteiger partial charge is 0.152 e. The van der Waals surface area contributed by atoms with E-state index in [4.69, 9.17) is 0 Å². The molecule has 0 aliphatic rings. The molecular formula is C11H10Br2S2. The Hall–Kier alpha value is 0.360. The van der Waals surface area contributed by atoms with Crippen molar-refractivity contribution >= 4 is 54.5 Å². The van der Waals surface area contributed by atoms with E-state index < -0.39 is 0 Å². The number of hydrogen-bond donors (Lipinski definition) is 0. The van der Waals surface area contributed by atoms with Crippen molar-refractivity contribution in [2.75, 3.05) is 0 Å². The second-order valence-electron chi connectivity index (χ2n) is 3.41. The van der Waals surface area contributed by atoms with Crippen molar-refractivity contribution < 1.29 is 0 Å². The van der Waals surface area contributed by atoms with Crippen molar-refractivity contribution in [3.63, 3.8) is 0 Å². The predicted molar refractivity (Wildman–Crippen MR) is 76.4 cm³/mol. The Morgan fingerprint density at radius 1 is 1.47 bits per heavy atom. The third-order valence-corrected chi connectivity index (χ3v) is 6.28. The zero-order valence-corrected chi connectivity index (χ0v) is 13.0. The van der Waals surface area contributed by atoms with Crippen LogP contribution in [0.15, 0.2) is 26.7 Å². The highest BCUT2D eigenvalue weighted by atomic mass is 79.9. The lowest BCUT2D eigenvalue weighted by Gasteiger charge is -2.05. The molecule has 0 spiro atoms. The van der Waals surface area contributed by atoms with Gasteiger partial charge in [-0.2, -0.15) is 11.3 Å². The molecular weight excluding hydrogens is 356 g/mol. The first kappa shape index (κ1) is 11.8. The number of hydrogen-bond acceptors (Lipinski definition) is 2. The van der Waals surface area contributed by atoms with Crippen molar-refractivity contribution in [3.05, 3.63) is 42.7 Å². The van der Waals surface area contributed by atoms with Gasteiger partial charge in [0.15, 0.2) is 0 Å². The van der Waals surface area contributed by atoms with Crippen molar-refractivity contribution in [3.8, 4) is 0 Å². The molecule has 0 aromatic carbocycles. The van der Waals surface area contributed by atoms with Crippen LogP contribution in [0.1, 0.15) is 20.8 Å². The van der Waals surface area contributed by atoms with Gasteiger partial charge in [-0.15, -0.1) is 11.3 Å². The van der Waals surface area contributed by atoms with E-state index in [0.717, 1.165) is 6.42 Å². The molecule has 80 valence electrons. The summed E-state index contributed by atoms with van der Waals surface area (Å²) in [6, 6.07) is 4.44. The van der Waals surface area contributed by atoms with E-state index in [2.05, 4.69) is 61.7 Å². The first-order valence-electron chi connectivity index (χ1n) is 4.58. The summed E-state index contributed by atoms with van der Waals surface area (Å²) in [7, 11) is 0.